The fourth-order valence-electron chi connectivity index (χ4n) is 4.92. The Kier molecular flexibility index (Phi) is 5.72. The highest BCUT2D eigenvalue weighted by Gasteiger charge is 2.71. The van der Waals surface area contributed by atoms with E-state index in [0.29, 0.717) is 38.2 Å². The van der Waals surface area contributed by atoms with Crippen molar-refractivity contribution in [3.63, 3.8) is 0 Å². The lowest BCUT2D eigenvalue weighted by molar-refractivity contribution is -0.432. The maximum atomic E-state index is 13.8. The minimum Gasteiger partial charge on any atom is -0.348 e. The summed E-state index contributed by atoms with van der Waals surface area (Å²) in [6.45, 7) is -1.01. The second-order valence-corrected chi connectivity index (χ2v) is 8.96. The molecular formula is C21H21F5N2O5. The molecule has 2 amide bonds. The first-order chi connectivity index (χ1) is 15.4. The summed E-state index contributed by atoms with van der Waals surface area (Å²) < 4.78 is 73.6. The zero-order chi connectivity index (χ0) is 24.1. The van der Waals surface area contributed by atoms with Gasteiger partial charge in [0, 0.05) is 30.0 Å². The predicted molar refractivity (Wildman–Crippen MR) is 101 cm³/mol. The molecule has 12 heteroatoms. The van der Waals surface area contributed by atoms with Crippen molar-refractivity contribution in [3.05, 3.63) is 35.4 Å². The third-order valence-corrected chi connectivity index (χ3v) is 6.57. The number of nitrogens with zero attached hydrogens (tertiary/aromatic N) is 1. The predicted octanol–water partition coefficient (Wildman–Crippen LogP) is 2.83. The molecule has 1 aromatic rings. The summed E-state index contributed by atoms with van der Waals surface area (Å²) in [5.41, 5.74) is -1.64. The third kappa shape index (κ3) is 4.58. The van der Waals surface area contributed by atoms with Gasteiger partial charge in [0.1, 0.15) is 18.2 Å². The molecule has 1 N–H and O–H groups in total. The Morgan fingerprint density at radius 2 is 1.82 bits per heavy atom. The molecule has 4 aliphatic carbocycles. The molecule has 2 bridgehead atoms. The van der Waals surface area contributed by atoms with E-state index in [4.69, 9.17) is 4.74 Å². The van der Waals surface area contributed by atoms with Crippen molar-refractivity contribution in [2.24, 2.45) is 0 Å². The van der Waals surface area contributed by atoms with Crippen molar-refractivity contribution in [2.75, 3.05) is 13.2 Å². The van der Waals surface area contributed by atoms with Gasteiger partial charge in [0.2, 0.25) is 12.3 Å². The standard InChI is InChI=1S/C21H21F5N2O5/c22-13-2-3-14(15(23)6-13)16(30)7-28(12-29)19-9-18(10-19,11-19)27-17(31)8-32-20(4-1-5-20)33-21(24,25)26/h2-3,6,12H,1,4-5,7-11H2,(H,27,31). The van der Waals surface area contributed by atoms with Gasteiger partial charge in [-0.05, 0) is 37.8 Å². The minimum atomic E-state index is -4.87. The Labute approximate surface area is 185 Å². The van der Waals surface area contributed by atoms with Gasteiger partial charge in [-0.1, -0.05) is 0 Å². The summed E-state index contributed by atoms with van der Waals surface area (Å²) in [6.07, 6.45) is -2.82. The Balaban J connectivity index is 1.27. The van der Waals surface area contributed by atoms with E-state index in [0.717, 1.165) is 12.1 Å². The van der Waals surface area contributed by atoms with Gasteiger partial charge in [-0.3, -0.25) is 19.1 Å². The average molecular weight is 476 g/mol. The molecule has 0 aromatic heterocycles. The Hall–Kier alpha value is -2.60. The number of nitrogens with one attached hydrogen (secondary N) is 1. The molecule has 7 nitrogen and oxygen atoms in total. The van der Waals surface area contributed by atoms with Crippen molar-refractivity contribution in [1.82, 2.24) is 10.2 Å². The van der Waals surface area contributed by atoms with Crippen molar-refractivity contribution in [2.45, 2.75) is 61.8 Å². The molecule has 0 saturated heterocycles. The maximum absolute atomic E-state index is 13.8. The zero-order valence-electron chi connectivity index (χ0n) is 17.3. The Bertz CT molecular complexity index is 959. The highest BCUT2D eigenvalue weighted by molar-refractivity contribution is 5.98. The van der Waals surface area contributed by atoms with Crippen LogP contribution in [0, 0.1) is 11.6 Å². The number of hydrogen-bond donors (Lipinski definition) is 1. The first-order valence-corrected chi connectivity index (χ1v) is 10.3. The zero-order valence-corrected chi connectivity index (χ0v) is 17.3. The van der Waals surface area contributed by atoms with E-state index in [1.807, 2.05) is 0 Å². The molecule has 0 heterocycles. The number of carbonyl (C=O) groups is 3. The van der Waals surface area contributed by atoms with E-state index in [9.17, 15) is 36.3 Å². The van der Waals surface area contributed by atoms with Crippen LogP contribution in [0.3, 0.4) is 0 Å². The monoisotopic (exact) mass is 476 g/mol. The Morgan fingerprint density at radius 1 is 1.15 bits per heavy atom. The lowest BCUT2D eigenvalue weighted by Gasteiger charge is -2.72. The largest absolute Gasteiger partial charge is 0.524 e. The van der Waals surface area contributed by atoms with E-state index in [1.54, 1.807) is 0 Å². The quantitative estimate of drug-likeness (QED) is 0.243. The number of Topliss-reactive ketones (excluding diaryl/α,β-unsaturated/α-hetero) is 1. The number of rotatable bonds is 10. The first-order valence-electron chi connectivity index (χ1n) is 10.3. The minimum absolute atomic E-state index is 0.0328. The summed E-state index contributed by atoms with van der Waals surface area (Å²) in [4.78, 5) is 37.4. The highest BCUT2D eigenvalue weighted by atomic mass is 19.4. The molecule has 4 fully saturated rings. The highest BCUT2D eigenvalue weighted by Crippen LogP contribution is 2.63. The molecule has 0 atom stereocenters. The van der Waals surface area contributed by atoms with Crippen LogP contribution < -0.4 is 5.32 Å². The maximum Gasteiger partial charge on any atom is 0.524 e. The number of carbonyl (C=O) groups excluding carboxylic acids is 3. The van der Waals surface area contributed by atoms with Gasteiger partial charge >= 0.3 is 6.36 Å². The van der Waals surface area contributed by atoms with Gasteiger partial charge in [0.25, 0.3) is 0 Å². The summed E-state index contributed by atoms with van der Waals surface area (Å²) in [7, 11) is 0. The van der Waals surface area contributed by atoms with Gasteiger partial charge in [0.05, 0.1) is 12.1 Å². The molecule has 1 aromatic carbocycles. The van der Waals surface area contributed by atoms with Gasteiger partial charge < -0.3 is 15.0 Å². The second kappa shape index (κ2) is 8.01. The molecule has 4 aliphatic rings. The van der Waals surface area contributed by atoms with Crippen LogP contribution in [0.2, 0.25) is 0 Å². The van der Waals surface area contributed by atoms with E-state index in [-0.39, 0.29) is 18.4 Å². The molecule has 0 radical (unpaired) electrons. The molecule has 5 rings (SSSR count). The topological polar surface area (TPSA) is 84.9 Å². The SMILES string of the molecule is O=CN(CC(=O)c1ccc(F)cc1F)C12CC(NC(=O)COC3(OC(F)(F)F)CCC3)(C1)C2. The fourth-order valence-corrected chi connectivity index (χ4v) is 4.92. The molecule has 180 valence electrons. The number of halogens is 5. The summed E-state index contributed by atoms with van der Waals surface area (Å²) >= 11 is 0. The average Bonchev–Trinajstić information content (AvgIpc) is 2.62. The van der Waals surface area contributed by atoms with Gasteiger partial charge in [-0.25, -0.2) is 8.78 Å². The molecular weight excluding hydrogens is 455 g/mol. The van der Waals surface area contributed by atoms with Crippen LogP contribution in [-0.2, 0) is 19.1 Å². The fraction of sp³-hybridized carbons (Fsp3) is 0.571. The molecule has 4 saturated carbocycles. The van der Waals surface area contributed by atoms with Crippen LogP contribution in [0.4, 0.5) is 22.0 Å². The third-order valence-electron chi connectivity index (χ3n) is 6.57. The van der Waals surface area contributed by atoms with Crippen LogP contribution in [0.15, 0.2) is 18.2 Å². The smallest absolute Gasteiger partial charge is 0.348 e. The number of benzene rings is 1. The van der Waals surface area contributed by atoms with E-state index >= 15 is 0 Å². The van der Waals surface area contributed by atoms with Gasteiger partial charge in [-0.15, -0.1) is 13.2 Å². The second-order valence-electron chi connectivity index (χ2n) is 8.96. The Morgan fingerprint density at radius 3 is 2.33 bits per heavy atom. The first kappa shape index (κ1) is 23.6. The normalized spacial score (nSPS) is 26.9. The van der Waals surface area contributed by atoms with Gasteiger partial charge in [0.15, 0.2) is 11.6 Å². The van der Waals surface area contributed by atoms with Crippen LogP contribution in [0.5, 0.6) is 0 Å². The van der Waals surface area contributed by atoms with Crippen molar-refractivity contribution < 1.29 is 45.8 Å². The summed E-state index contributed by atoms with van der Waals surface area (Å²) in [6, 6.07) is 2.54. The lowest BCUT2D eigenvalue weighted by atomic mass is 9.43. The van der Waals surface area contributed by atoms with Crippen molar-refractivity contribution in [1.29, 1.82) is 0 Å². The number of amides is 2. The van der Waals surface area contributed by atoms with Crippen LogP contribution >= 0.6 is 0 Å². The number of hydrogen-bond acceptors (Lipinski definition) is 5. The van der Waals surface area contributed by atoms with E-state index in [1.165, 1.54) is 4.90 Å². The van der Waals surface area contributed by atoms with Gasteiger partial charge in [-0.2, -0.15) is 0 Å². The number of alkyl halides is 3. The van der Waals surface area contributed by atoms with Crippen molar-refractivity contribution in [3.8, 4) is 0 Å². The van der Waals surface area contributed by atoms with Crippen LogP contribution in [0.25, 0.3) is 0 Å². The lowest BCUT2D eigenvalue weighted by Crippen LogP contribution is -2.84. The molecule has 33 heavy (non-hydrogen) atoms. The van der Waals surface area contributed by atoms with E-state index in [2.05, 4.69) is 10.1 Å². The molecule has 0 unspecified atom stereocenters. The molecule has 0 spiro atoms. The van der Waals surface area contributed by atoms with Crippen LogP contribution in [-0.4, -0.2) is 59.4 Å². The molecule has 0 aliphatic heterocycles. The number of ketones is 1. The van der Waals surface area contributed by atoms with Crippen molar-refractivity contribution >= 4 is 18.1 Å². The summed E-state index contributed by atoms with van der Waals surface area (Å²) in [5.74, 6) is -4.98. The summed E-state index contributed by atoms with van der Waals surface area (Å²) in [5, 5.41) is 2.72. The van der Waals surface area contributed by atoms with E-state index < -0.39 is 59.7 Å². The number of ether oxygens (including phenoxy) is 2. The van der Waals surface area contributed by atoms with Crippen LogP contribution in [0.1, 0.15) is 48.9 Å².